The maximum Gasteiger partial charge on any atom is 0.269 e. The molecule has 0 aliphatic heterocycles. The third-order valence-electron chi connectivity index (χ3n) is 2.45. The van der Waals surface area contributed by atoms with Gasteiger partial charge in [-0.3, -0.25) is 4.79 Å². The fourth-order valence-electron chi connectivity index (χ4n) is 1.52. The first-order valence-electron chi connectivity index (χ1n) is 5.73. The smallest absolute Gasteiger partial charge is 0.269 e. The van der Waals surface area contributed by atoms with Crippen LogP contribution in [0, 0.1) is 0 Å². The number of aromatic amines is 1. The van der Waals surface area contributed by atoms with Crippen LogP contribution < -0.4 is 11.1 Å². The van der Waals surface area contributed by atoms with Crippen molar-refractivity contribution < 1.29 is 4.79 Å². The normalized spacial score (nSPS) is 10.2. The van der Waals surface area contributed by atoms with Crippen molar-refractivity contribution in [2.75, 3.05) is 12.3 Å². The van der Waals surface area contributed by atoms with Gasteiger partial charge in [0.25, 0.3) is 5.91 Å². The largest absolute Gasteiger partial charge is 0.397 e. The summed E-state index contributed by atoms with van der Waals surface area (Å²) >= 11 is 0. The number of H-pyrrole nitrogens is 1. The monoisotopic (exact) mass is 245 g/mol. The third kappa shape index (κ3) is 3.31. The van der Waals surface area contributed by atoms with E-state index < -0.39 is 0 Å². The SMILES string of the molecule is Nc1ccc(C(=O)NCCCc2ncc[nH]2)nc1. The molecule has 6 heteroatoms. The molecular formula is C12H15N5O. The number of carbonyl (C=O) groups excluding carboxylic acids is 1. The second-order valence-electron chi connectivity index (χ2n) is 3.87. The highest BCUT2D eigenvalue weighted by Crippen LogP contribution is 2.01. The van der Waals surface area contributed by atoms with Crippen molar-refractivity contribution in [1.29, 1.82) is 0 Å². The van der Waals surface area contributed by atoms with Gasteiger partial charge in [-0.1, -0.05) is 0 Å². The topological polar surface area (TPSA) is 96.7 Å². The first-order chi connectivity index (χ1) is 8.75. The molecule has 0 atom stereocenters. The van der Waals surface area contributed by atoms with Gasteiger partial charge in [-0.2, -0.15) is 0 Å². The van der Waals surface area contributed by atoms with E-state index in [4.69, 9.17) is 5.73 Å². The summed E-state index contributed by atoms with van der Waals surface area (Å²) in [6.45, 7) is 0.589. The Hall–Kier alpha value is -2.37. The van der Waals surface area contributed by atoms with Gasteiger partial charge < -0.3 is 16.0 Å². The highest BCUT2D eigenvalue weighted by molar-refractivity contribution is 5.92. The van der Waals surface area contributed by atoms with E-state index in [0.717, 1.165) is 18.7 Å². The molecule has 1 amide bonds. The van der Waals surface area contributed by atoms with Crippen molar-refractivity contribution in [3.63, 3.8) is 0 Å². The number of aryl methyl sites for hydroxylation is 1. The lowest BCUT2D eigenvalue weighted by Crippen LogP contribution is -2.25. The molecule has 18 heavy (non-hydrogen) atoms. The fourth-order valence-corrected chi connectivity index (χ4v) is 1.52. The third-order valence-corrected chi connectivity index (χ3v) is 2.45. The Labute approximate surface area is 105 Å². The van der Waals surface area contributed by atoms with Gasteiger partial charge in [0.1, 0.15) is 11.5 Å². The predicted molar refractivity (Wildman–Crippen MR) is 67.9 cm³/mol. The second kappa shape index (κ2) is 5.81. The van der Waals surface area contributed by atoms with E-state index in [1.807, 2.05) is 0 Å². The fraction of sp³-hybridized carbons (Fsp3) is 0.250. The molecule has 0 aliphatic carbocycles. The standard InChI is InChI=1S/C12H15N5O/c13-9-3-4-10(17-8-9)12(18)16-5-1-2-11-14-6-7-15-11/h3-4,6-8H,1-2,5,13H2,(H,14,15)(H,16,18). The summed E-state index contributed by atoms with van der Waals surface area (Å²) < 4.78 is 0. The summed E-state index contributed by atoms with van der Waals surface area (Å²) in [7, 11) is 0. The van der Waals surface area contributed by atoms with Crippen LogP contribution in [0.4, 0.5) is 5.69 Å². The number of nitrogens with zero attached hydrogens (tertiary/aromatic N) is 2. The molecule has 94 valence electrons. The average Bonchev–Trinajstić information content (AvgIpc) is 2.88. The molecule has 2 aromatic heterocycles. The Morgan fingerprint density at radius 3 is 2.94 bits per heavy atom. The van der Waals surface area contributed by atoms with E-state index in [1.54, 1.807) is 24.5 Å². The molecule has 0 radical (unpaired) electrons. The predicted octanol–water partition coefficient (Wildman–Crippen LogP) is 0.749. The number of amides is 1. The molecule has 0 fully saturated rings. The zero-order valence-corrected chi connectivity index (χ0v) is 9.89. The van der Waals surface area contributed by atoms with Crippen LogP contribution in [0.3, 0.4) is 0 Å². The number of rotatable bonds is 5. The molecule has 0 aromatic carbocycles. The Kier molecular flexibility index (Phi) is 3.90. The minimum atomic E-state index is -0.186. The first-order valence-corrected chi connectivity index (χ1v) is 5.73. The lowest BCUT2D eigenvalue weighted by atomic mass is 10.3. The van der Waals surface area contributed by atoms with Gasteiger partial charge in [0.15, 0.2) is 0 Å². The van der Waals surface area contributed by atoms with Crippen LogP contribution in [0.2, 0.25) is 0 Å². The number of nitrogens with one attached hydrogen (secondary N) is 2. The van der Waals surface area contributed by atoms with Gasteiger partial charge in [0.05, 0.1) is 11.9 Å². The minimum Gasteiger partial charge on any atom is -0.397 e. The van der Waals surface area contributed by atoms with E-state index in [1.165, 1.54) is 6.20 Å². The molecule has 0 bridgehead atoms. The Morgan fingerprint density at radius 1 is 1.39 bits per heavy atom. The van der Waals surface area contributed by atoms with E-state index in [-0.39, 0.29) is 5.91 Å². The van der Waals surface area contributed by atoms with E-state index in [0.29, 0.717) is 17.9 Å². The van der Waals surface area contributed by atoms with Crippen LogP contribution in [0.15, 0.2) is 30.7 Å². The highest BCUT2D eigenvalue weighted by Gasteiger charge is 2.05. The average molecular weight is 245 g/mol. The second-order valence-corrected chi connectivity index (χ2v) is 3.87. The van der Waals surface area contributed by atoms with Crippen LogP contribution in [0.25, 0.3) is 0 Å². The van der Waals surface area contributed by atoms with Gasteiger partial charge in [-0.15, -0.1) is 0 Å². The maximum absolute atomic E-state index is 11.7. The molecule has 2 aromatic rings. The first kappa shape index (κ1) is 12.1. The lowest BCUT2D eigenvalue weighted by Gasteiger charge is -2.04. The maximum atomic E-state index is 11.7. The number of imidazole rings is 1. The quantitative estimate of drug-likeness (QED) is 0.677. The van der Waals surface area contributed by atoms with Gasteiger partial charge in [0.2, 0.25) is 0 Å². The molecule has 0 aliphatic rings. The number of hydrogen-bond donors (Lipinski definition) is 3. The van der Waals surface area contributed by atoms with Crippen molar-refractivity contribution in [2.45, 2.75) is 12.8 Å². The number of anilines is 1. The van der Waals surface area contributed by atoms with Gasteiger partial charge in [-0.25, -0.2) is 9.97 Å². The zero-order chi connectivity index (χ0) is 12.8. The van der Waals surface area contributed by atoms with Crippen LogP contribution >= 0.6 is 0 Å². The van der Waals surface area contributed by atoms with Gasteiger partial charge in [-0.05, 0) is 18.6 Å². The zero-order valence-electron chi connectivity index (χ0n) is 9.89. The number of nitrogen functional groups attached to an aromatic ring is 1. The molecular weight excluding hydrogens is 230 g/mol. The van der Waals surface area contributed by atoms with E-state index in [2.05, 4.69) is 20.3 Å². The van der Waals surface area contributed by atoms with E-state index in [9.17, 15) is 4.79 Å². The summed E-state index contributed by atoms with van der Waals surface area (Å²) in [5, 5.41) is 2.80. The summed E-state index contributed by atoms with van der Waals surface area (Å²) in [5.41, 5.74) is 6.42. The summed E-state index contributed by atoms with van der Waals surface area (Å²) in [6.07, 6.45) is 6.60. The number of carbonyl (C=O) groups is 1. The number of hydrogen-bond acceptors (Lipinski definition) is 4. The molecule has 2 rings (SSSR count). The van der Waals surface area contributed by atoms with Crippen molar-refractivity contribution in [1.82, 2.24) is 20.3 Å². The Balaban J connectivity index is 1.73. The molecule has 0 unspecified atom stereocenters. The van der Waals surface area contributed by atoms with Crippen LogP contribution in [-0.4, -0.2) is 27.4 Å². The van der Waals surface area contributed by atoms with Gasteiger partial charge >= 0.3 is 0 Å². The van der Waals surface area contributed by atoms with Crippen molar-refractivity contribution in [3.8, 4) is 0 Å². The van der Waals surface area contributed by atoms with E-state index >= 15 is 0 Å². The van der Waals surface area contributed by atoms with Crippen molar-refractivity contribution in [3.05, 3.63) is 42.2 Å². The van der Waals surface area contributed by atoms with Crippen molar-refractivity contribution in [2.24, 2.45) is 0 Å². The van der Waals surface area contributed by atoms with Crippen LogP contribution in [0.5, 0.6) is 0 Å². The molecule has 0 saturated heterocycles. The molecule has 0 spiro atoms. The number of nitrogens with two attached hydrogens (primary N) is 1. The molecule has 6 nitrogen and oxygen atoms in total. The number of aromatic nitrogens is 3. The molecule has 2 heterocycles. The van der Waals surface area contributed by atoms with Gasteiger partial charge in [0, 0.05) is 25.4 Å². The number of pyridine rings is 1. The Bertz CT molecular complexity index is 492. The van der Waals surface area contributed by atoms with Crippen molar-refractivity contribution >= 4 is 11.6 Å². The molecule has 0 saturated carbocycles. The summed E-state index contributed by atoms with van der Waals surface area (Å²) in [4.78, 5) is 22.8. The summed E-state index contributed by atoms with van der Waals surface area (Å²) in [5.74, 6) is 0.740. The molecule has 4 N–H and O–H groups in total. The Morgan fingerprint density at radius 2 is 2.28 bits per heavy atom. The van der Waals surface area contributed by atoms with Crippen LogP contribution in [-0.2, 0) is 6.42 Å². The highest BCUT2D eigenvalue weighted by atomic mass is 16.1. The summed E-state index contributed by atoms with van der Waals surface area (Å²) in [6, 6.07) is 3.27. The lowest BCUT2D eigenvalue weighted by molar-refractivity contribution is 0.0948. The van der Waals surface area contributed by atoms with Crippen LogP contribution in [0.1, 0.15) is 22.7 Å². The minimum absolute atomic E-state index is 0.186.